The zero-order chi connectivity index (χ0) is 15.2. The molecule has 4 nitrogen and oxygen atoms in total. The molecule has 0 saturated heterocycles. The highest BCUT2D eigenvalue weighted by molar-refractivity contribution is 9.10. The molecule has 0 unspecified atom stereocenters. The quantitative estimate of drug-likeness (QED) is 0.757. The number of hydrogen-bond acceptors (Lipinski definition) is 3. The molecule has 0 radical (unpaired) electrons. The number of halogens is 2. The predicted octanol–water partition coefficient (Wildman–Crippen LogP) is 3.39. The SMILES string of the molecule is COCCNCc1cnc(C)n1Cc1ccc(Br)cc1Cl. The maximum Gasteiger partial charge on any atom is 0.106 e. The number of hydrogen-bond donors (Lipinski definition) is 1. The summed E-state index contributed by atoms with van der Waals surface area (Å²) in [6, 6.07) is 5.96. The number of benzene rings is 1. The van der Waals surface area contributed by atoms with Gasteiger partial charge < -0.3 is 14.6 Å². The fourth-order valence-electron chi connectivity index (χ4n) is 2.08. The molecule has 2 rings (SSSR count). The van der Waals surface area contributed by atoms with Gasteiger partial charge in [-0.1, -0.05) is 33.6 Å². The van der Waals surface area contributed by atoms with Crippen molar-refractivity contribution in [2.45, 2.75) is 20.0 Å². The van der Waals surface area contributed by atoms with E-state index in [2.05, 4.69) is 30.8 Å². The Labute approximate surface area is 138 Å². The third-order valence-electron chi connectivity index (χ3n) is 3.27. The minimum absolute atomic E-state index is 0.700. The van der Waals surface area contributed by atoms with Gasteiger partial charge in [0.15, 0.2) is 0 Å². The Morgan fingerprint density at radius 3 is 2.95 bits per heavy atom. The number of imidazole rings is 1. The van der Waals surface area contributed by atoms with Crippen molar-refractivity contribution in [3.8, 4) is 0 Å². The molecule has 0 saturated carbocycles. The zero-order valence-corrected chi connectivity index (χ0v) is 14.5. The maximum atomic E-state index is 6.30. The number of ether oxygens (including phenoxy) is 1. The van der Waals surface area contributed by atoms with Crippen molar-refractivity contribution in [1.29, 1.82) is 0 Å². The van der Waals surface area contributed by atoms with Crippen LogP contribution in [0.4, 0.5) is 0 Å². The van der Waals surface area contributed by atoms with E-state index in [9.17, 15) is 0 Å². The van der Waals surface area contributed by atoms with Crippen LogP contribution in [0.3, 0.4) is 0 Å². The van der Waals surface area contributed by atoms with Crippen molar-refractivity contribution >= 4 is 27.5 Å². The Bertz CT molecular complexity index is 601. The van der Waals surface area contributed by atoms with Gasteiger partial charge in [0.25, 0.3) is 0 Å². The van der Waals surface area contributed by atoms with Gasteiger partial charge in [0, 0.05) is 35.9 Å². The summed E-state index contributed by atoms with van der Waals surface area (Å²) in [5, 5.41) is 4.10. The third kappa shape index (κ3) is 4.54. The molecule has 0 bridgehead atoms. The van der Waals surface area contributed by atoms with Crippen LogP contribution >= 0.6 is 27.5 Å². The molecular formula is C15H19BrClN3O. The van der Waals surface area contributed by atoms with E-state index in [0.717, 1.165) is 46.2 Å². The molecule has 0 spiro atoms. The molecule has 0 aliphatic rings. The molecule has 6 heteroatoms. The summed E-state index contributed by atoms with van der Waals surface area (Å²) >= 11 is 9.73. The standard InChI is InChI=1S/C15H19BrClN3O/c1-11-19-9-14(8-18-5-6-21-2)20(11)10-12-3-4-13(16)7-15(12)17/h3-4,7,9,18H,5-6,8,10H2,1-2H3. The number of aryl methyl sites for hydroxylation is 1. The molecule has 1 aromatic heterocycles. The third-order valence-corrected chi connectivity index (χ3v) is 4.12. The van der Waals surface area contributed by atoms with E-state index in [1.54, 1.807) is 7.11 Å². The molecule has 21 heavy (non-hydrogen) atoms. The Balaban J connectivity index is 2.10. The maximum absolute atomic E-state index is 6.30. The van der Waals surface area contributed by atoms with E-state index >= 15 is 0 Å². The van der Waals surface area contributed by atoms with Gasteiger partial charge in [-0.05, 0) is 24.6 Å². The minimum Gasteiger partial charge on any atom is -0.383 e. The zero-order valence-electron chi connectivity index (χ0n) is 12.2. The van der Waals surface area contributed by atoms with Crippen LogP contribution in [-0.2, 0) is 17.8 Å². The first-order chi connectivity index (χ1) is 10.1. The van der Waals surface area contributed by atoms with Crippen LogP contribution in [0.2, 0.25) is 5.02 Å². The van der Waals surface area contributed by atoms with E-state index in [1.165, 1.54) is 0 Å². The fraction of sp³-hybridized carbons (Fsp3) is 0.400. The number of methoxy groups -OCH3 is 1. The summed E-state index contributed by atoms with van der Waals surface area (Å²) in [6.07, 6.45) is 1.90. The summed E-state index contributed by atoms with van der Waals surface area (Å²) in [4.78, 5) is 4.40. The fourth-order valence-corrected chi connectivity index (χ4v) is 2.82. The lowest BCUT2D eigenvalue weighted by Crippen LogP contribution is -2.21. The van der Waals surface area contributed by atoms with Crippen LogP contribution in [0.15, 0.2) is 28.9 Å². The number of rotatable bonds is 7. The average molecular weight is 373 g/mol. The van der Waals surface area contributed by atoms with Gasteiger partial charge in [-0.25, -0.2) is 4.98 Å². The van der Waals surface area contributed by atoms with E-state index in [4.69, 9.17) is 16.3 Å². The Morgan fingerprint density at radius 1 is 1.43 bits per heavy atom. The van der Waals surface area contributed by atoms with E-state index < -0.39 is 0 Å². The van der Waals surface area contributed by atoms with Gasteiger partial charge in [0.2, 0.25) is 0 Å². The van der Waals surface area contributed by atoms with Gasteiger partial charge in [0.1, 0.15) is 5.82 Å². The topological polar surface area (TPSA) is 39.1 Å². The molecule has 1 aromatic carbocycles. The normalized spacial score (nSPS) is 11.0. The highest BCUT2D eigenvalue weighted by Crippen LogP contribution is 2.23. The Morgan fingerprint density at radius 2 is 2.24 bits per heavy atom. The van der Waals surface area contributed by atoms with Crippen LogP contribution < -0.4 is 5.32 Å². The van der Waals surface area contributed by atoms with Crippen molar-refractivity contribution in [2.75, 3.05) is 20.3 Å². The number of nitrogens with zero attached hydrogens (tertiary/aromatic N) is 2. The molecule has 0 aliphatic heterocycles. The minimum atomic E-state index is 0.700. The van der Waals surface area contributed by atoms with E-state index in [0.29, 0.717) is 6.61 Å². The smallest absolute Gasteiger partial charge is 0.106 e. The van der Waals surface area contributed by atoms with Crippen LogP contribution in [-0.4, -0.2) is 29.8 Å². The lowest BCUT2D eigenvalue weighted by molar-refractivity contribution is 0.199. The van der Waals surface area contributed by atoms with Crippen LogP contribution in [0, 0.1) is 6.92 Å². The summed E-state index contributed by atoms with van der Waals surface area (Å²) in [7, 11) is 1.70. The second kappa shape index (κ2) is 7.94. The summed E-state index contributed by atoms with van der Waals surface area (Å²) in [5.74, 6) is 0.984. The highest BCUT2D eigenvalue weighted by Gasteiger charge is 2.09. The van der Waals surface area contributed by atoms with Crippen LogP contribution in [0.25, 0.3) is 0 Å². The molecular weight excluding hydrogens is 354 g/mol. The molecule has 0 amide bonds. The summed E-state index contributed by atoms with van der Waals surface area (Å²) < 4.78 is 8.19. The Kier molecular flexibility index (Phi) is 6.23. The van der Waals surface area contributed by atoms with Crippen molar-refractivity contribution < 1.29 is 4.74 Å². The van der Waals surface area contributed by atoms with Gasteiger partial charge in [0.05, 0.1) is 18.8 Å². The first-order valence-electron chi connectivity index (χ1n) is 6.76. The van der Waals surface area contributed by atoms with Crippen molar-refractivity contribution in [2.24, 2.45) is 0 Å². The van der Waals surface area contributed by atoms with Gasteiger partial charge in [-0.3, -0.25) is 0 Å². The first kappa shape index (κ1) is 16.5. The molecule has 2 aromatic rings. The van der Waals surface area contributed by atoms with Gasteiger partial charge >= 0.3 is 0 Å². The van der Waals surface area contributed by atoms with Crippen molar-refractivity contribution in [1.82, 2.24) is 14.9 Å². The monoisotopic (exact) mass is 371 g/mol. The molecule has 1 N–H and O–H groups in total. The molecule has 0 fully saturated rings. The molecule has 1 heterocycles. The van der Waals surface area contributed by atoms with Crippen LogP contribution in [0.1, 0.15) is 17.1 Å². The van der Waals surface area contributed by atoms with E-state index in [-0.39, 0.29) is 0 Å². The van der Waals surface area contributed by atoms with Crippen molar-refractivity contribution in [3.05, 3.63) is 51.0 Å². The lowest BCUT2D eigenvalue weighted by Gasteiger charge is -2.12. The predicted molar refractivity (Wildman–Crippen MR) is 88.8 cm³/mol. The van der Waals surface area contributed by atoms with Gasteiger partial charge in [-0.2, -0.15) is 0 Å². The number of nitrogens with one attached hydrogen (secondary N) is 1. The Hall–Kier alpha value is -0.880. The average Bonchev–Trinajstić information content (AvgIpc) is 2.79. The number of aromatic nitrogens is 2. The largest absolute Gasteiger partial charge is 0.383 e. The van der Waals surface area contributed by atoms with E-state index in [1.807, 2.05) is 31.3 Å². The lowest BCUT2D eigenvalue weighted by atomic mass is 10.2. The second-order valence-corrected chi connectivity index (χ2v) is 6.11. The highest BCUT2D eigenvalue weighted by atomic mass is 79.9. The molecule has 0 aliphatic carbocycles. The summed E-state index contributed by atoms with van der Waals surface area (Å²) in [6.45, 7) is 5.01. The molecule has 0 atom stereocenters. The first-order valence-corrected chi connectivity index (χ1v) is 7.93. The summed E-state index contributed by atoms with van der Waals surface area (Å²) in [5.41, 5.74) is 2.22. The van der Waals surface area contributed by atoms with Crippen molar-refractivity contribution in [3.63, 3.8) is 0 Å². The second-order valence-electron chi connectivity index (χ2n) is 4.79. The molecule has 114 valence electrons. The van der Waals surface area contributed by atoms with Crippen LogP contribution in [0.5, 0.6) is 0 Å². The van der Waals surface area contributed by atoms with Gasteiger partial charge in [-0.15, -0.1) is 0 Å².